The minimum atomic E-state index is 0.221. The average Bonchev–Trinajstić information content (AvgIpc) is 2.80. The Morgan fingerprint density at radius 2 is 1.60 bits per heavy atom. The lowest BCUT2D eigenvalue weighted by Gasteiger charge is -2.36. The third-order valence-electron chi connectivity index (χ3n) is 5.97. The van der Waals surface area contributed by atoms with Crippen LogP contribution in [0.1, 0.15) is 12.0 Å². The number of benzene rings is 2. The molecule has 6 heteroatoms. The molecule has 0 radical (unpaired) electrons. The quantitative estimate of drug-likeness (QED) is 0.704. The van der Waals surface area contributed by atoms with E-state index in [1.54, 1.807) is 7.11 Å². The minimum Gasteiger partial charge on any atom is -0.497 e. The Balaban J connectivity index is 1.19. The van der Waals surface area contributed by atoms with Crippen LogP contribution in [0, 0.1) is 0 Å². The second kappa shape index (κ2) is 9.96. The van der Waals surface area contributed by atoms with Gasteiger partial charge >= 0.3 is 0 Å². The van der Waals surface area contributed by atoms with Crippen LogP contribution in [0.2, 0.25) is 0 Å². The van der Waals surface area contributed by atoms with Crippen LogP contribution in [0.25, 0.3) is 0 Å². The maximum absolute atomic E-state index is 12.9. The van der Waals surface area contributed by atoms with Crippen molar-refractivity contribution in [3.8, 4) is 11.5 Å². The summed E-state index contributed by atoms with van der Waals surface area (Å²) < 4.78 is 11.0. The Labute approximate surface area is 179 Å². The van der Waals surface area contributed by atoms with Gasteiger partial charge in [0.05, 0.1) is 13.7 Å². The van der Waals surface area contributed by atoms with Crippen molar-refractivity contribution in [3.05, 3.63) is 54.1 Å². The molecule has 2 heterocycles. The number of anilines is 1. The number of fused-ring (bicyclic) bond motifs is 1. The van der Waals surface area contributed by atoms with E-state index in [9.17, 15) is 4.79 Å². The highest BCUT2D eigenvalue weighted by atomic mass is 16.5. The van der Waals surface area contributed by atoms with E-state index in [0.29, 0.717) is 13.2 Å². The Morgan fingerprint density at radius 1 is 0.900 bits per heavy atom. The van der Waals surface area contributed by atoms with Crippen molar-refractivity contribution in [2.75, 3.05) is 64.4 Å². The number of rotatable bonds is 7. The highest BCUT2D eigenvalue weighted by Gasteiger charge is 2.25. The Kier molecular flexibility index (Phi) is 6.87. The number of ether oxygens (including phenoxy) is 2. The molecule has 160 valence electrons. The molecule has 2 aliphatic rings. The van der Waals surface area contributed by atoms with Gasteiger partial charge < -0.3 is 14.4 Å². The second-order valence-electron chi connectivity index (χ2n) is 7.92. The van der Waals surface area contributed by atoms with Gasteiger partial charge in [-0.2, -0.15) is 0 Å². The molecule has 1 saturated heterocycles. The van der Waals surface area contributed by atoms with E-state index in [1.807, 2.05) is 35.2 Å². The van der Waals surface area contributed by atoms with E-state index in [2.05, 4.69) is 28.0 Å². The van der Waals surface area contributed by atoms with Crippen LogP contribution < -0.4 is 14.4 Å². The lowest BCUT2D eigenvalue weighted by Crippen LogP contribution is -2.51. The number of nitrogens with zero attached hydrogens (tertiary/aromatic N) is 3. The first kappa shape index (κ1) is 20.7. The van der Waals surface area contributed by atoms with Crippen molar-refractivity contribution in [1.82, 2.24) is 9.80 Å². The van der Waals surface area contributed by atoms with E-state index in [4.69, 9.17) is 9.47 Å². The molecule has 30 heavy (non-hydrogen) atoms. The van der Waals surface area contributed by atoms with Gasteiger partial charge in [0.2, 0.25) is 5.91 Å². The SMILES string of the molecule is COc1ccc(OCCN2CCN(CC(=O)N3CCCc4ccccc43)CC2)cc1. The van der Waals surface area contributed by atoms with E-state index in [-0.39, 0.29) is 5.91 Å². The second-order valence-corrected chi connectivity index (χ2v) is 7.92. The van der Waals surface area contributed by atoms with Crippen molar-refractivity contribution in [3.63, 3.8) is 0 Å². The van der Waals surface area contributed by atoms with E-state index >= 15 is 0 Å². The average molecular weight is 410 g/mol. The fourth-order valence-electron chi connectivity index (χ4n) is 4.20. The predicted octanol–water partition coefficient (Wildman–Crippen LogP) is 2.67. The number of para-hydroxylation sites is 1. The van der Waals surface area contributed by atoms with E-state index in [1.165, 1.54) is 5.56 Å². The molecular weight excluding hydrogens is 378 g/mol. The lowest BCUT2D eigenvalue weighted by atomic mass is 10.0. The zero-order valence-corrected chi connectivity index (χ0v) is 17.8. The van der Waals surface area contributed by atoms with Gasteiger partial charge in [-0.15, -0.1) is 0 Å². The molecule has 0 aromatic heterocycles. The van der Waals surface area contributed by atoms with Gasteiger partial charge in [0.1, 0.15) is 18.1 Å². The maximum Gasteiger partial charge on any atom is 0.241 e. The van der Waals surface area contributed by atoms with Gasteiger partial charge in [-0.3, -0.25) is 14.6 Å². The summed E-state index contributed by atoms with van der Waals surface area (Å²) in [6, 6.07) is 16.0. The van der Waals surface area contributed by atoms with Crippen LogP contribution >= 0.6 is 0 Å². The van der Waals surface area contributed by atoms with Crippen molar-refractivity contribution < 1.29 is 14.3 Å². The summed E-state index contributed by atoms with van der Waals surface area (Å²) in [5, 5.41) is 0. The number of hydrogen-bond donors (Lipinski definition) is 0. The molecule has 0 saturated carbocycles. The minimum absolute atomic E-state index is 0.221. The van der Waals surface area contributed by atoms with Crippen LogP contribution in [-0.2, 0) is 11.2 Å². The summed E-state index contributed by atoms with van der Waals surface area (Å²) in [6.45, 7) is 6.67. The molecule has 1 amide bonds. The Hall–Kier alpha value is -2.57. The number of piperazine rings is 1. The number of carbonyl (C=O) groups excluding carboxylic acids is 1. The molecule has 2 aromatic rings. The molecular formula is C24H31N3O3. The van der Waals surface area contributed by atoms with Gasteiger partial charge in [-0.1, -0.05) is 18.2 Å². The summed E-state index contributed by atoms with van der Waals surface area (Å²) in [6.07, 6.45) is 2.11. The van der Waals surface area contributed by atoms with Gasteiger partial charge in [0.15, 0.2) is 0 Å². The fraction of sp³-hybridized carbons (Fsp3) is 0.458. The molecule has 2 aliphatic heterocycles. The van der Waals surface area contributed by atoms with Crippen molar-refractivity contribution in [1.29, 1.82) is 0 Å². The molecule has 0 N–H and O–H groups in total. The number of methoxy groups -OCH3 is 1. The lowest BCUT2D eigenvalue weighted by molar-refractivity contribution is -0.120. The number of aryl methyl sites for hydroxylation is 1. The summed E-state index contributed by atoms with van der Waals surface area (Å²) in [5.74, 6) is 1.92. The van der Waals surface area contributed by atoms with Crippen molar-refractivity contribution in [2.24, 2.45) is 0 Å². The molecule has 0 bridgehead atoms. The standard InChI is InChI=1S/C24H31N3O3/c1-29-21-8-10-22(11-9-21)30-18-17-25-13-15-26(16-14-25)19-24(28)27-12-4-6-20-5-2-3-7-23(20)27/h2-3,5,7-11H,4,6,12-19H2,1H3. The van der Waals surface area contributed by atoms with E-state index < -0.39 is 0 Å². The molecule has 4 rings (SSSR count). The fourth-order valence-corrected chi connectivity index (χ4v) is 4.20. The highest BCUT2D eigenvalue weighted by molar-refractivity contribution is 5.95. The first-order chi connectivity index (χ1) is 14.7. The summed E-state index contributed by atoms with van der Waals surface area (Å²) in [5.41, 5.74) is 2.39. The van der Waals surface area contributed by atoms with Gasteiger partial charge in [0, 0.05) is 45.0 Å². The molecule has 0 spiro atoms. The zero-order chi connectivity index (χ0) is 20.8. The smallest absolute Gasteiger partial charge is 0.241 e. The number of hydrogen-bond acceptors (Lipinski definition) is 5. The third kappa shape index (κ3) is 5.12. The van der Waals surface area contributed by atoms with Gasteiger partial charge in [-0.05, 0) is 48.7 Å². The zero-order valence-electron chi connectivity index (χ0n) is 17.8. The summed E-state index contributed by atoms with van der Waals surface area (Å²) in [4.78, 5) is 19.6. The highest BCUT2D eigenvalue weighted by Crippen LogP contribution is 2.26. The van der Waals surface area contributed by atoms with Gasteiger partial charge in [-0.25, -0.2) is 0 Å². The molecule has 0 aliphatic carbocycles. The molecule has 2 aromatic carbocycles. The molecule has 0 atom stereocenters. The van der Waals surface area contributed by atoms with Crippen LogP contribution in [0.15, 0.2) is 48.5 Å². The molecule has 0 unspecified atom stereocenters. The molecule has 1 fully saturated rings. The number of carbonyl (C=O) groups is 1. The van der Waals surface area contributed by atoms with Crippen LogP contribution in [0.4, 0.5) is 5.69 Å². The van der Waals surface area contributed by atoms with Crippen molar-refractivity contribution in [2.45, 2.75) is 12.8 Å². The summed E-state index contributed by atoms with van der Waals surface area (Å²) in [7, 11) is 1.66. The van der Waals surface area contributed by atoms with Crippen LogP contribution in [0.3, 0.4) is 0 Å². The number of amides is 1. The predicted molar refractivity (Wildman–Crippen MR) is 118 cm³/mol. The van der Waals surface area contributed by atoms with E-state index in [0.717, 1.165) is 69.3 Å². The summed E-state index contributed by atoms with van der Waals surface area (Å²) >= 11 is 0. The van der Waals surface area contributed by atoms with Crippen LogP contribution in [0.5, 0.6) is 11.5 Å². The Morgan fingerprint density at radius 3 is 2.37 bits per heavy atom. The first-order valence-corrected chi connectivity index (χ1v) is 10.8. The van der Waals surface area contributed by atoms with Crippen molar-refractivity contribution >= 4 is 11.6 Å². The monoisotopic (exact) mass is 409 g/mol. The first-order valence-electron chi connectivity index (χ1n) is 10.8. The largest absolute Gasteiger partial charge is 0.497 e. The van der Waals surface area contributed by atoms with Gasteiger partial charge in [0.25, 0.3) is 0 Å². The Bertz CT molecular complexity index is 832. The maximum atomic E-state index is 12.9. The normalized spacial score (nSPS) is 17.4. The third-order valence-corrected chi connectivity index (χ3v) is 5.97. The molecule has 6 nitrogen and oxygen atoms in total. The topological polar surface area (TPSA) is 45.3 Å². The van der Waals surface area contributed by atoms with Crippen LogP contribution in [-0.4, -0.2) is 75.2 Å².